The second-order valence-electron chi connectivity index (χ2n) is 7.25. The molecular weight excluding hydrogens is 368 g/mol. The van der Waals surface area contributed by atoms with Gasteiger partial charge in [0, 0.05) is 19.6 Å². The molecule has 1 aromatic carbocycles. The van der Waals surface area contributed by atoms with E-state index in [0.717, 1.165) is 18.7 Å². The summed E-state index contributed by atoms with van der Waals surface area (Å²) in [6.45, 7) is 15.2. The van der Waals surface area contributed by atoms with Crippen LogP contribution in [0.3, 0.4) is 0 Å². The highest BCUT2D eigenvalue weighted by Crippen LogP contribution is 2.28. The van der Waals surface area contributed by atoms with Crippen molar-refractivity contribution in [3.8, 4) is 11.5 Å². The van der Waals surface area contributed by atoms with Gasteiger partial charge in [-0.15, -0.1) is 13.2 Å². The Hall–Kier alpha value is -1.86. The quantitative estimate of drug-likeness (QED) is 0.367. The van der Waals surface area contributed by atoms with E-state index < -0.39 is 11.7 Å². The van der Waals surface area contributed by atoms with Crippen LogP contribution in [0, 0.1) is 0 Å². The van der Waals surface area contributed by atoms with Crippen molar-refractivity contribution in [2.24, 2.45) is 0 Å². The van der Waals surface area contributed by atoms with Crippen LogP contribution in [-0.4, -0.2) is 66.7 Å². The third-order valence-electron chi connectivity index (χ3n) is 4.85. The summed E-state index contributed by atoms with van der Waals surface area (Å²) in [5.41, 5.74) is 0.134. The number of likely N-dealkylation sites (N-methyl/N-ethyl adjacent to an activating group) is 1. The van der Waals surface area contributed by atoms with Crippen molar-refractivity contribution in [3.63, 3.8) is 0 Å². The highest BCUT2D eigenvalue weighted by Gasteiger charge is 2.23. The molecule has 1 aromatic rings. The summed E-state index contributed by atoms with van der Waals surface area (Å²) >= 11 is 0. The molecule has 0 heterocycles. The highest BCUT2D eigenvalue weighted by atomic mass is 16.5. The Kier molecular flexibility index (Phi) is 11.6. The predicted octanol–water partition coefficient (Wildman–Crippen LogP) is 2.75. The molecule has 0 aromatic heterocycles. The molecule has 0 amide bonds. The lowest BCUT2D eigenvalue weighted by atomic mass is 9.95. The molecule has 1 atom stereocenters. The standard InChI is InChI=1S/C23H38N2O4/c1-6-12-23(27,13-7-2)18-24-15-19-10-11-21(22(14-19)28-5)29-17-20(26)16-25(8-3)9-4/h6-7,10-11,14,20,24,26-27H,1-2,8-9,12-13,15-18H2,3-5H3. The molecule has 0 aliphatic carbocycles. The van der Waals surface area contributed by atoms with Crippen LogP contribution in [0.5, 0.6) is 11.5 Å². The van der Waals surface area contributed by atoms with Crippen molar-refractivity contribution in [2.45, 2.75) is 44.9 Å². The number of aliphatic hydroxyl groups is 2. The van der Waals surface area contributed by atoms with Crippen LogP contribution in [0.4, 0.5) is 0 Å². The molecule has 0 radical (unpaired) electrons. The van der Waals surface area contributed by atoms with E-state index in [1.54, 1.807) is 19.3 Å². The minimum absolute atomic E-state index is 0.209. The number of nitrogens with one attached hydrogen (secondary N) is 1. The SMILES string of the molecule is C=CCC(O)(CC=C)CNCc1ccc(OCC(O)CN(CC)CC)c(OC)c1. The molecule has 164 valence electrons. The van der Waals surface area contributed by atoms with Crippen LogP contribution in [0.2, 0.25) is 0 Å². The number of benzene rings is 1. The van der Waals surface area contributed by atoms with Gasteiger partial charge in [0.05, 0.1) is 12.7 Å². The second-order valence-corrected chi connectivity index (χ2v) is 7.25. The second kappa shape index (κ2) is 13.4. The third-order valence-corrected chi connectivity index (χ3v) is 4.85. The number of aliphatic hydroxyl groups excluding tert-OH is 1. The molecule has 0 bridgehead atoms. The summed E-state index contributed by atoms with van der Waals surface area (Å²) < 4.78 is 11.2. The summed E-state index contributed by atoms with van der Waals surface area (Å²) in [5.74, 6) is 1.22. The molecule has 0 aliphatic rings. The van der Waals surface area contributed by atoms with E-state index in [0.29, 0.717) is 44.0 Å². The molecular formula is C23H38N2O4. The fourth-order valence-corrected chi connectivity index (χ4v) is 3.16. The van der Waals surface area contributed by atoms with E-state index in [4.69, 9.17) is 9.47 Å². The lowest BCUT2D eigenvalue weighted by Crippen LogP contribution is -2.39. The number of hydrogen-bond donors (Lipinski definition) is 3. The van der Waals surface area contributed by atoms with Gasteiger partial charge in [0.25, 0.3) is 0 Å². The lowest BCUT2D eigenvalue weighted by Gasteiger charge is -2.26. The maximum Gasteiger partial charge on any atom is 0.161 e. The van der Waals surface area contributed by atoms with Gasteiger partial charge < -0.3 is 29.9 Å². The summed E-state index contributed by atoms with van der Waals surface area (Å²) in [5, 5.41) is 24.0. The Morgan fingerprint density at radius 1 is 1.17 bits per heavy atom. The molecule has 3 N–H and O–H groups in total. The first-order valence-corrected chi connectivity index (χ1v) is 10.3. The fourth-order valence-electron chi connectivity index (χ4n) is 3.16. The maximum absolute atomic E-state index is 10.6. The van der Waals surface area contributed by atoms with Gasteiger partial charge >= 0.3 is 0 Å². The third kappa shape index (κ3) is 9.00. The molecule has 0 fully saturated rings. The minimum Gasteiger partial charge on any atom is -0.493 e. The van der Waals surface area contributed by atoms with Crippen molar-refractivity contribution in [1.82, 2.24) is 10.2 Å². The monoisotopic (exact) mass is 406 g/mol. The first-order chi connectivity index (χ1) is 13.9. The first-order valence-electron chi connectivity index (χ1n) is 10.3. The number of rotatable bonds is 16. The summed E-state index contributed by atoms with van der Waals surface area (Å²) in [6, 6.07) is 5.69. The molecule has 0 saturated heterocycles. The van der Waals surface area contributed by atoms with E-state index in [1.165, 1.54) is 0 Å². The molecule has 1 unspecified atom stereocenters. The van der Waals surface area contributed by atoms with Gasteiger partial charge in [0.1, 0.15) is 12.7 Å². The van der Waals surface area contributed by atoms with Crippen LogP contribution in [0.15, 0.2) is 43.5 Å². The molecule has 6 nitrogen and oxygen atoms in total. The summed E-state index contributed by atoms with van der Waals surface area (Å²) in [4.78, 5) is 2.15. The average Bonchev–Trinajstić information content (AvgIpc) is 2.71. The Bertz CT molecular complexity index is 607. The zero-order valence-electron chi connectivity index (χ0n) is 18.2. The van der Waals surface area contributed by atoms with Crippen molar-refractivity contribution >= 4 is 0 Å². The predicted molar refractivity (Wildman–Crippen MR) is 119 cm³/mol. The van der Waals surface area contributed by atoms with E-state index in [2.05, 4.69) is 37.2 Å². The molecule has 29 heavy (non-hydrogen) atoms. The normalized spacial score (nSPS) is 12.6. The van der Waals surface area contributed by atoms with Crippen molar-refractivity contribution in [3.05, 3.63) is 49.1 Å². The van der Waals surface area contributed by atoms with Crippen molar-refractivity contribution in [1.29, 1.82) is 0 Å². The van der Waals surface area contributed by atoms with Gasteiger partial charge in [-0.1, -0.05) is 32.1 Å². The first kappa shape index (κ1) is 25.2. The number of hydrogen-bond acceptors (Lipinski definition) is 6. The summed E-state index contributed by atoms with van der Waals surface area (Å²) in [7, 11) is 1.60. The largest absolute Gasteiger partial charge is 0.493 e. The topological polar surface area (TPSA) is 74.2 Å². The van der Waals surface area contributed by atoms with Gasteiger partial charge in [0.2, 0.25) is 0 Å². The van der Waals surface area contributed by atoms with Gasteiger partial charge in [-0.25, -0.2) is 0 Å². The van der Waals surface area contributed by atoms with Crippen LogP contribution >= 0.6 is 0 Å². The van der Waals surface area contributed by atoms with Crippen molar-refractivity contribution in [2.75, 3.05) is 39.9 Å². The number of nitrogens with zero attached hydrogens (tertiary/aromatic N) is 1. The van der Waals surface area contributed by atoms with E-state index in [9.17, 15) is 10.2 Å². The van der Waals surface area contributed by atoms with Crippen molar-refractivity contribution < 1.29 is 19.7 Å². The van der Waals surface area contributed by atoms with Gasteiger partial charge in [0.15, 0.2) is 11.5 Å². The summed E-state index contributed by atoms with van der Waals surface area (Å²) in [6.07, 6.45) is 3.87. The molecule has 0 aliphatic heterocycles. The Morgan fingerprint density at radius 2 is 1.83 bits per heavy atom. The van der Waals surface area contributed by atoms with Crippen LogP contribution in [0.25, 0.3) is 0 Å². The Labute approximate surface area is 175 Å². The fraction of sp³-hybridized carbons (Fsp3) is 0.565. The minimum atomic E-state index is -0.877. The van der Waals surface area contributed by atoms with Gasteiger partial charge in [-0.2, -0.15) is 0 Å². The molecule has 0 spiro atoms. The molecule has 0 saturated carbocycles. The van der Waals surface area contributed by atoms with Crippen LogP contribution in [0.1, 0.15) is 32.3 Å². The van der Waals surface area contributed by atoms with Crippen LogP contribution in [-0.2, 0) is 6.54 Å². The highest BCUT2D eigenvalue weighted by molar-refractivity contribution is 5.43. The molecule has 1 rings (SSSR count). The smallest absolute Gasteiger partial charge is 0.161 e. The maximum atomic E-state index is 10.6. The van der Waals surface area contributed by atoms with E-state index in [-0.39, 0.29) is 6.61 Å². The Morgan fingerprint density at radius 3 is 2.38 bits per heavy atom. The van der Waals surface area contributed by atoms with Gasteiger partial charge in [-0.3, -0.25) is 0 Å². The van der Waals surface area contributed by atoms with E-state index in [1.807, 2.05) is 18.2 Å². The zero-order valence-corrected chi connectivity index (χ0v) is 18.2. The van der Waals surface area contributed by atoms with Gasteiger partial charge in [-0.05, 0) is 43.6 Å². The molecule has 6 heteroatoms. The zero-order chi connectivity index (χ0) is 21.7. The number of methoxy groups -OCH3 is 1. The number of ether oxygens (including phenoxy) is 2. The average molecular weight is 407 g/mol. The van der Waals surface area contributed by atoms with E-state index >= 15 is 0 Å². The Balaban J connectivity index is 2.62. The van der Waals surface area contributed by atoms with Crippen LogP contribution < -0.4 is 14.8 Å². The lowest BCUT2D eigenvalue weighted by molar-refractivity contribution is 0.0461.